The second kappa shape index (κ2) is 7.41. The van der Waals surface area contributed by atoms with Crippen molar-refractivity contribution in [2.45, 2.75) is 5.92 Å². The number of hydrogen-bond donors (Lipinski definition) is 1. The SMILES string of the molecule is Clc1ccc(/C=C/C(c2ccc(Cl)cc2)c2c[nH]c3ccccc23)cc1. The van der Waals surface area contributed by atoms with Gasteiger partial charge in [0.05, 0.1) is 0 Å². The summed E-state index contributed by atoms with van der Waals surface area (Å²) >= 11 is 12.1. The number of para-hydroxylation sites is 1. The van der Waals surface area contributed by atoms with Gasteiger partial charge in [-0.15, -0.1) is 0 Å². The van der Waals surface area contributed by atoms with E-state index in [-0.39, 0.29) is 5.92 Å². The molecule has 1 N–H and O–H groups in total. The molecule has 0 radical (unpaired) electrons. The average Bonchev–Trinajstić information content (AvgIpc) is 3.09. The zero-order chi connectivity index (χ0) is 17.9. The summed E-state index contributed by atoms with van der Waals surface area (Å²) < 4.78 is 0. The first-order valence-electron chi connectivity index (χ1n) is 8.46. The van der Waals surface area contributed by atoms with Crippen molar-refractivity contribution in [3.63, 3.8) is 0 Å². The molecule has 1 atom stereocenters. The first kappa shape index (κ1) is 17.0. The van der Waals surface area contributed by atoms with E-state index in [0.717, 1.165) is 21.1 Å². The Balaban J connectivity index is 1.79. The van der Waals surface area contributed by atoms with Crippen LogP contribution < -0.4 is 0 Å². The number of nitrogens with one attached hydrogen (secondary N) is 1. The van der Waals surface area contributed by atoms with Gasteiger partial charge in [0.1, 0.15) is 0 Å². The number of benzene rings is 3. The normalized spacial score (nSPS) is 12.7. The molecular formula is C23H17Cl2N. The van der Waals surface area contributed by atoms with Gasteiger partial charge in [-0.3, -0.25) is 0 Å². The second-order valence-corrected chi connectivity index (χ2v) is 7.10. The quantitative estimate of drug-likeness (QED) is 0.383. The van der Waals surface area contributed by atoms with Gasteiger partial charge >= 0.3 is 0 Å². The first-order valence-corrected chi connectivity index (χ1v) is 9.21. The summed E-state index contributed by atoms with van der Waals surface area (Å²) in [7, 11) is 0. The Morgan fingerprint density at radius 1 is 0.769 bits per heavy atom. The molecule has 1 unspecified atom stereocenters. The molecule has 0 fully saturated rings. The van der Waals surface area contributed by atoms with E-state index >= 15 is 0 Å². The molecule has 0 aliphatic carbocycles. The van der Waals surface area contributed by atoms with Gasteiger partial charge in [0.25, 0.3) is 0 Å². The minimum absolute atomic E-state index is 0.124. The Morgan fingerprint density at radius 2 is 1.42 bits per heavy atom. The van der Waals surface area contributed by atoms with Crippen molar-refractivity contribution in [3.05, 3.63) is 112 Å². The third-order valence-corrected chi connectivity index (χ3v) is 5.04. The lowest BCUT2D eigenvalue weighted by atomic mass is 9.90. The van der Waals surface area contributed by atoms with Crippen molar-refractivity contribution >= 4 is 40.2 Å². The smallest absolute Gasteiger partial charge is 0.0457 e. The number of halogens is 2. The van der Waals surface area contributed by atoms with E-state index in [1.165, 1.54) is 16.5 Å². The maximum absolute atomic E-state index is 6.09. The highest BCUT2D eigenvalue weighted by atomic mass is 35.5. The first-order chi connectivity index (χ1) is 12.7. The van der Waals surface area contributed by atoms with Crippen LogP contribution in [0.1, 0.15) is 22.6 Å². The Kier molecular flexibility index (Phi) is 4.83. The number of H-pyrrole nitrogens is 1. The van der Waals surface area contributed by atoms with E-state index in [9.17, 15) is 0 Å². The summed E-state index contributed by atoms with van der Waals surface area (Å²) in [4.78, 5) is 3.38. The topological polar surface area (TPSA) is 15.8 Å². The lowest BCUT2D eigenvalue weighted by molar-refractivity contribution is 1.04. The van der Waals surface area contributed by atoms with Crippen LogP contribution in [-0.2, 0) is 0 Å². The van der Waals surface area contributed by atoms with Crippen molar-refractivity contribution in [2.24, 2.45) is 0 Å². The summed E-state index contributed by atoms with van der Waals surface area (Å²) in [6, 6.07) is 24.3. The molecule has 1 nitrogen and oxygen atoms in total. The van der Waals surface area contributed by atoms with Gasteiger partial charge < -0.3 is 4.98 Å². The third kappa shape index (κ3) is 3.55. The fourth-order valence-electron chi connectivity index (χ4n) is 3.20. The number of aromatic amines is 1. The zero-order valence-electron chi connectivity index (χ0n) is 14.0. The molecule has 3 aromatic carbocycles. The van der Waals surface area contributed by atoms with Crippen LogP contribution in [-0.4, -0.2) is 4.98 Å². The summed E-state index contributed by atoms with van der Waals surface area (Å²) in [5.41, 5.74) is 4.70. The number of allylic oxidation sites excluding steroid dienone is 1. The van der Waals surface area contributed by atoms with Crippen molar-refractivity contribution in [1.29, 1.82) is 0 Å². The largest absolute Gasteiger partial charge is 0.361 e. The summed E-state index contributed by atoms with van der Waals surface area (Å²) in [6.45, 7) is 0. The number of aromatic nitrogens is 1. The van der Waals surface area contributed by atoms with E-state index < -0.39 is 0 Å². The van der Waals surface area contributed by atoms with Crippen molar-refractivity contribution in [1.82, 2.24) is 4.98 Å². The van der Waals surface area contributed by atoms with Crippen LogP contribution >= 0.6 is 23.2 Å². The maximum Gasteiger partial charge on any atom is 0.0457 e. The van der Waals surface area contributed by atoms with Gasteiger partial charge in [0.15, 0.2) is 0 Å². The summed E-state index contributed by atoms with van der Waals surface area (Å²) in [6.07, 6.45) is 6.45. The Labute approximate surface area is 162 Å². The molecule has 1 aromatic heterocycles. The van der Waals surface area contributed by atoms with Crippen molar-refractivity contribution < 1.29 is 0 Å². The molecule has 3 heteroatoms. The molecule has 26 heavy (non-hydrogen) atoms. The minimum atomic E-state index is 0.124. The van der Waals surface area contributed by atoms with Crippen LogP contribution in [0.25, 0.3) is 17.0 Å². The third-order valence-electron chi connectivity index (χ3n) is 4.54. The van der Waals surface area contributed by atoms with Gasteiger partial charge in [0, 0.05) is 33.1 Å². The highest BCUT2D eigenvalue weighted by Gasteiger charge is 2.15. The van der Waals surface area contributed by atoms with Crippen LogP contribution in [0.15, 0.2) is 85.1 Å². The molecule has 0 saturated heterocycles. The summed E-state index contributed by atoms with van der Waals surface area (Å²) in [5.74, 6) is 0.124. The number of hydrogen-bond acceptors (Lipinski definition) is 0. The predicted octanol–water partition coefficient (Wildman–Crippen LogP) is 7.32. The molecule has 4 aromatic rings. The minimum Gasteiger partial charge on any atom is -0.361 e. The Bertz CT molecular complexity index is 1040. The van der Waals surface area contributed by atoms with Crippen LogP contribution in [0.3, 0.4) is 0 Å². The van der Waals surface area contributed by atoms with Crippen LogP contribution in [0.2, 0.25) is 10.0 Å². The van der Waals surface area contributed by atoms with E-state index in [2.05, 4.69) is 53.7 Å². The monoisotopic (exact) mass is 377 g/mol. The molecule has 128 valence electrons. The van der Waals surface area contributed by atoms with Crippen molar-refractivity contribution in [2.75, 3.05) is 0 Å². The van der Waals surface area contributed by atoms with E-state index in [4.69, 9.17) is 23.2 Å². The van der Waals surface area contributed by atoms with Gasteiger partial charge in [0.2, 0.25) is 0 Å². The fourth-order valence-corrected chi connectivity index (χ4v) is 3.45. The molecular weight excluding hydrogens is 361 g/mol. The summed E-state index contributed by atoms with van der Waals surface area (Å²) in [5, 5.41) is 2.72. The lowest BCUT2D eigenvalue weighted by Crippen LogP contribution is -1.97. The molecule has 4 rings (SSSR count). The zero-order valence-corrected chi connectivity index (χ0v) is 15.5. The van der Waals surface area contributed by atoms with Crippen LogP contribution in [0.5, 0.6) is 0 Å². The molecule has 0 saturated carbocycles. The van der Waals surface area contributed by atoms with Crippen LogP contribution in [0, 0.1) is 0 Å². The highest BCUT2D eigenvalue weighted by molar-refractivity contribution is 6.30. The molecule has 1 heterocycles. The predicted molar refractivity (Wildman–Crippen MR) is 112 cm³/mol. The van der Waals surface area contributed by atoms with Crippen LogP contribution in [0.4, 0.5) is 0 Å². The van der Waals surface area contributed by atoms with E-state index in [1.807, 2.05) is 42.5 Å². The second-order valence-electron chi connectivity index (χ2n) is 6.23. The standard InChI is InChI=1S/C23H17Cl2N/c24-18-10-5-16(6-11-18)7-14-20(17-8-12-19(25)13-9-17)22-15-26-23-4-2-1-3-21(22)23/h1-15,20,26H/b14-7+. The average molecular weight is 378 g/mol. The molecule has 0 spiro atoms. The number of fused-ring (bicyclic) bond motifs is 1. The van der Waals surface area contributed by atoms with Gasteiger partial charge in [-0.25, -0.2) is 0 Å². The molecule has 0 amide bonds. The molecule has 0 aliphatic heterocycles. The number of rotatable bonds is 4. The molecule has 0 aliphatic rings. The Hall–Kier alpha value is -2.48. The van der Waals surface area contributed by atoms with E-state index in [0.29, 0.717) is 0 Å². The molecule has 0 bridgehead atoms. The lowest BCUT2D eigenvalue weighted by Gasteiger charge is -2.13. The Morgan fingerprint density at radius 3 is 2.15 bits per heavy atom. The highest BCUT2D eigenvalue weighted by Crippen LogP contribution is 2.33. The fraction of sp³-hybridized carbons (Fsp3) is 0.0435. The van der Waals surface area contributed by atoms with E-state index in [1.54, 1.807) is 0 Å². The van der Waals surface area contributed by atoms with Gasteiger partial charge in [-0.2, -0.15) is 0 Å². The van der Waals surface area contributed by atoms with Gasteiger partial charge in [-0.05, 0) is 47.0 Å². The van der Waals surface area contributed by atoms with Crippen molar-refractivity contribution in [3.8, 4) is 0 Å². The van der Waals surface area contributed by atoms with Gasteiger partial charge in [-0.1, -0.05) is 77.8 Å². The maximum atomic E-state index is 6.09.